The summed E-state index contributed by atoms with van der Waals surface area (Å²) in [4.78, 5) is 25.9. The van der Waals surface area contributed by atoms with Crippen molar-refractivity contribution in [1.82, 2.24) is 5.32 Å². The molecule has 2 amide bonds. The molecule has 1 aliphatic heterocycles. The van der Waals surface area contributed by atoms with Crippen molar-refractivity contribution < 1.29 is 9.59 Å². The highest BCUT2D eigenvalue weighted by molar-refractivity contribution is 6.06. The van der Waals surface area contributed by atoms with E-state index in [9.17, 15) is 9.59 Å². The fourth-order valence-corrected chi connectivity index (χ4v) is 3.07. The molecule has 1 aromatic carbocycles. The third-order valence-corrected chi connectivity index (χ3v) is 3.90. The van der Waals surface area contributed by atoms with E-state index in [4.69, 9.17) is 0 Å². The molecular formula is C17H24N2O2. The standard InChI is InChI=1S/C17H24N2O2/c1-5-6-7-8-19-16-12(3)9-11(2)10-14(16)15(17(19)21)18-13(4)20/h9-10,15H,5-8H2,1-4H3,(H,18,20). The number of benzene rings is 1. The summed E-state index contributed by atoms with van der Waals surface area (Å²) in [5.74, 6) is -0.182. The van der Waals surface area contributed by atoms with Gasteiger partial charge in [-0.15, -0.1) is 0 Å². The summed E-state index contributed by atoms with van der Waals surface area (Å²) in [6, 6.07) is 3.58. The van der Waals surface area contributed by atoms with E-state index in [2.05, 4.69) is 18.3 Å². The van der Waals surface area contributed by atoms with Gasteiger partial charge in [-0.2, -0.15) is 0 Å². The minimum Gasteiger partial charge on any atom is -0.341 e. The monoisotopic (exact) mass is 288 g/mol. The molecule has 0 fully saturated rings. The lowest BCUT2D eigenvalue weighted by Gasteiger charge is -2.19. The maximum Gasteiger partial charge on any atom is 0.254 e. The van der Waals surface area contributed by atoms with Crippen LogP contribution in [0.25, 0.3) is 0 Å². The number of aryl methyl sites for hydroxylation is 2. The molecule has 114 valence electrons. The number of fused-ring (bicyclic) bond motifs is 1. The molecule has 0 spiro atoms. The van der Waals surface area contributed by atoms with Gasteiger partial charge in [-0.05, 0) is 25.8 Å². The summed E-state index contributed by atoms with van der Waals surface area (Å²) in [7, 11) is 0. The van der Waals surface area contributed by atoms with Crippen LogP contribution in [-0.4, -0.2) is 18.4 Å². The fraction of sp³-hybridized carbons (Fsp3) is 0.529. The van der Waals surface area contributed by atoms with Crippen LogP contribution in [0, 0.1) is 13.8 Å². The van der Waals surface area contributed by atoms with Crippen molar-refractivity contribution in [2.75, 3.05) is 11.4 Å². The van der Waals surface area contributed by atoms with E-state index in [0.29, 0.717) is 0 Å². The predicted octanol–water partition coefficient (Wildman–Crippen LogP) is 3.02. The summed E-state index contributed by atoms with van der Waals surface area (Å²) in [6.45, 7) is 8.37. The number of hydrogen-bond donors (Lipinski definition) is 1. The predicted molar refractivity (Wildman–Crippen MR) is 84.4 cm³/mol. The van der Waals surface area contributed by atoms with Crippen molar-refractivity contribution in [2.45, 2.75) is 53.0 Å². The maximum absolute atomic E-state index is 12.7. The molecule has 1 atom stereocenters. The van der Waals surface area contributed by atoms with Gasteiger partial charge in [0.1, 0.15) is 6.04 Å². The second kappa shape index (κ2) is 6.29. The molecule has 21 heavy (non-hydrogen) atoms. The Morgan fingerprint density at radius 1 is 1.29 bits per heavy atom. The molecule has 0 aliphatic carbocycles. The second-order valence-electron chi connectivity index (χ2n) is 5.85. The van der Waals surface area contributed by atoms with Gasteiger partial charge in [-0.1, -0.05) is 37.5 Å². The zero-order chi connectivity index (χ0) is 15.6. The van der Waals surface area contributed by atoms with Gasteiger partial charge in [0.05, 0.1) is 5.69 Å². The molecule has 0 bridgehead atoms. The van der Waals surface area contributed by atoms with Gasteiger partial charge in [0, 0.05) is 19.0 Å². The Bertz CT molecular complexity index is 566. The number of amides is 2. The Morgan fingerprint density at radius 3 is 2.62 bits per heavy atom. The smallest absolute Gasteiger partial charge is 0.254 e. The van der Waals surface area contributed by atoms with Gasteiger partial charge in [0.15, 0.2) is 0 Å². The van der Waals surface area contributed by atoms with Crippen LogP contribution in [0.3, 0.4) is 0 Å². The van der Waals surface area contributed by atoms with Crippen molar-refractivity contribution in [3.05, 3.63) is 28.8 Å². The average Bonchev–Trinajstić information content (AvgIpc) is 2.64. The Balaban J connectivity index is 2.38. The molecule has 0 aromatic heterocycles. The zero-order valence-electron chi connectivity index (χ0n) is 13.3. The number of carbonyl (C=O) groups excluding carboxylic acids is 2. The largest absolute Gasteiger partial charge is 0.341 e. The van der Waals surface area contributed by atoms with Gasteiger partial charge >= 0.3 is 0 Å². The topological polar surface area (TPSA) is 49.4 Å². The first-order valence-corrected chi connectivity index (χ1v) is 7.65. The molecule has 1 unspecified atom stereocenters. The summed E-state index contributed by atoms with van der Waals surface area (Å²) in [6.07, 6.45) is 3.22. The van der Waals surface area contributed by atoms with Crippen molar-refractivity contribution in [2.24, 2.45) is 0 Å². The molecule has 1 aromatic rings. The maximum atomic E-state index is 12.7. The lowest BCUT2D eigenvalue weighted by Crippen LogP contribution is -2.37. The van der Waals surface area contributed by atoms with Gasteiger partial charge in [-0.25, -0.2) is 0 Å². The lowest BCUT2D eigenvalue weighted by molar-refractivity contribution is -0.126. The molecular weight excluding hydrogens is 264 g/mol. The molecule has 1 heterocycles. The first kappa shape index (κ1) is 15.5. The Morgan fingerprint density at radius 2 is 2.00 bits per heavy atom. The number of carbonyl (C=O) groups is 2. The molecule has 1 aliphatic rings. The summed E-state index contributed by atoms with van der Waals surface area (Å²) < 4.78 is 0. The van der Waals surface area contributed by atoms with E-state index in [0.717, 1.165) is 48.2 Å². The minimum absolute atomic E-state index is 0.00926. The molecule has 1 N–H and O–H groups in total. The van der Waals surface area contributed by atoms with Crippen LogP contribution in [0.1, 0.15) is 55.8 Å². The minimum atomic E-state index is -0.530. The Labute approximate surface area is 126 Å². The number of unbranched alkanes of at least 4 members (excludes halogenated alkanes) is 2. The number of hydrogen-bond acceptors (Lipinski definition) is 2. The van der Waals surface area contributed by atoms with Crippen LogP contribution in [0.4, 0.5) is 5.69 Å². The number of anilines is 1. The van der Waals surface area contributed by atoms with Crippen LogP contribution in [0.15, 0.2) is 12.1 Å². The van der Waals surface area contributed by atoms with Crippen LogP contribution in [0.5, 0.6) is 0 Å². The lowest BCUT2D eigenvalue weighted by atomic mass is 10.0. The summed E-state index contributed by atoms with van der Waals surface area (Å²) in [5, 5.41) is 2.79. The Kier molecular flexibility index (Phi) is 4.66. The highest BCUT2D eigenvalue weighted by Gasteiger charge is 2.38. The number of nitrogens with one attached hydrogen (secondary N) is 1. The van der Waals surface area contributed by atoms with Crippen LogP contribution in [0.2, 0.25) is 0 Å². The SMILES string of the molecule is CCCCCN1C(=O)C(NC(C)=O)c2cc(C)cc(C)c21. The normalized spacial score (nSPS) is 17.0. The van der Waals surface area contributed by atoms with E-state index < -0.39 is 6.04 Å². The van der Waals surface area contributed by atoms with Crippen molar-refractivity contribution in [1.29, 1.82) is 0 Å². The summed E-state index contributed by atoms with van der Waals surface area (Å²) >= 11 is 0. The first-order chi connectivity index (χ1) is 9.95. The first-order valence-electron chi connectivity index (χ1n) is 7.65. The highest BCUT2D eigenvalue weighted by atomic mass is 16.2. The van der Waals surface area contributed by atoms with Gasteiger partial charge in [0.25, 0.3) is 5.91 Å². The van der Waals surface area contributed by atoms with Crippen LogP contribution in [-0.2, 0) is 9.59 Å². The number of rotatable bonds is 5. The molecule has 0 radical (unpaired) electrons. The van der Waals surface area contributed by atoms with Crippen molar-refractivity contribution in [3.8, 4) is 0 Å². The highest BCUT2D eigenvalue weighted by Crippen LogP contribution is 2.39. The molecule has 0 saturated carbocycles. The second-order valence-corrected chi connectivity index (χ2v) is 5.85. The van der Waals surface area contributed by atoms with E-state index in [1.807, 2.05) is 24.8 Å². The fourth-order valence-electron chi connectivity index (χ4n) is 3.07. The van der Waals surface area contributed by atoms with Gasteiger partial charge in [0.2, 0.25) is 5.91 Å². The van der Waals surface area contributed by atoms with E-state index >= 15 is 0 Å². The average molecular weight is 288 g/mol. The van der Waals surface area contributed by atoms with E-state index in [1.54, 1.807) is 0 Å². The summed E-state index contributed by atoms with van der Waals surface area (Å²) in [5.41, 5.74) is 4.14. The Hall–Kier alpha value is -1.84. The molecule has 2 rings (SSSR count). The van der Waals surface area contributed by atoms with Gasteiger partial charge < -0.3 is 10.2 Å². The van der Waals surface area contributed by atoms with Crippen molar-refractivity contribution in [3.63, 3.8) is 0 Å². The number of nitrogens with zero attached hydrogens (tertiary/aromatic N) is 1. The van der Waals surface area contributed by atoms with Crippen molar-refractivity contribution >= 4 is 17.5 Å². The van der Waals surface area contributed by atoms with E-state index in [1.165, 1.54) is 6.92 Å². The molecule has 4 nitrogen and oxygen atoms in total. The van der Waals surface area contributed by atoms with Crippen LogP contribution >= 0.6 is 0 Å². The van der Waals surface area contributed by atoms with E-state index in [-0.39, 0.29) is 11.8 Å². The molecule has 4 heteroatoms. The zero-order valence-corrected chi connectivity index (χ0v) is 13.3. The van der Waals surface area contributed by atoms with Gasteiger partial charge in [-0.3, -0.25) is 9.59 Å². The third-order valence-electron chi connectivity index (χ3n) is 3.90. The quantitative estimate of drug-likeness (QED) is 0.847. The van der Waals surface area contributed by atoms with Crippen LogP contribution < -0.4 is 10.2 Å². The molecule has 0 saturated heterocycles. The third kappa shape index (κ3) is 3.09.